The van der Waals surface area contributed by atoms with E-state index < -0.39 is 16.9 Å². The van der Waals surface area contributed by atoms with E-state index in [0.29, 0.717) is 0 Å². The molecule has 0 spiro atoms. The first-order valence-electron chi connectivity index (χ1n) is 5.83. The van der Waals surface area contributed by atoms with E-state index in [1.807, 2.05) is 0 Å². The van der Waals surface area contributed by atoms with E-state index in [0.717, 1.165) is 6.07 Å². The van der Waals surface area contributed by atoms with Gasteiger partial charge in [-0.15, -0.1) is 0 Å². The number of nitrogens with zero attached hydrogens (tertiary/aromatic N) is 1. The molecule has 1 aromatic carbocycles. The number of benzene rings is 1. The number of ether oxygens (including phenoxy) is 3. The largest absolute Gasteiger partial charge is 0.493 e. The number of anilines is 1. The molecule has 1 unspecified atom stereocenters. The number of carboxylic acids is 1. The predicted molar refractivity (Wildman–Crippen MR) is 73.1 cm³/mol. The lowest BCUT2D eigenvalue weighted by atomic mass is 10.2. The molecule has 9 heteroatoms. The Morgan fingerprint density at radius 3 is 2.33 bits per heavy atom. The normalized spacial score (nSPS) is 11.6. The number of rotatable bonds is 8. The Morgan fingerprint density at radius 1 is 1.33 bits per heavy atom. The molecule has 0 fully saturated rings. The lowest BCUT2D eigenvalue weighted by Crippen LogP contribution is -2.33. The number of hydrogen-bond donors (Lipinski definition) is 2. The Bertz CT molecular complexity index is 533. The Labute approximate surface area is 120 Å². The minimum atomic E-state index is -1.19. The number of carboxylic acid groups (broad SMARTS) is 1. The molecule has 1 atom stereocenters. The van der Waals surface area contributed by atoms with Crippen molar-refractivity contribution in [2.75, 3.05) is 33.3 Å². The van der Waals surface area contributed by atoms with Crippen LogP contribution in [0.4, 0.5) is 11.4 Å². The molecule has 0 aliphatic rings. The van der Waals surface area contributed by atoms with Crippen LogP contribution in [-0.4, -0.2) is 50.0 Å². The van der Waals surface area contributed by atoms with E-state index >= 15 is 0 Å². The molecule has 0 radical (unpaired) electrons. The van der Waals surface area contributed by atoms with Crippen molar-refractivity contribution < 1.29 is 29.0 Å². The molecule has 21 heavy (non-hydrogen) atoms. The Morgan fingerprint density at radius 2 is 1.90 bits per heavy atom. The van der Waals surface area contributed by atoms with Crippen molar-refractivity contribution in [2.45, 2.75) is 6.04 Å². The van der Waals surface area contributed by atoms with Crippen LogP contribution in [0.3, 0.4) is 0 Å². The average Bonchev–Trinajstić information content (AvgIpc) is 2.45. The molecular weight excluding hydrogens is 284 g/mol. The molecular formula is C12H16N2O7. The number of nitrogens with one attached hydrogen (secondary N) is 1. The summed E-state index contributed by atoms with van der Waals surface area (Å²) in [7, 11) is 4.05. The zero-order valence-electron chi connectivity index (χ0n) is 11.8. The van der Waals surface area contributed by atoms with Crippen LogP contribution < -0.4 is 14.8 Å². The maximum Gasteiger partial charge on any atom is 0.328 e. The summed E-state index contributed by atoms with van der Waals surface area (Å²) in [5, 5.41) is 22.7. The first-order valence-corrected chi connectivity index (χ1v) is 5.83. The smallest absolute Gasteiger partial charge is 0.328 e. The summed E-state index contributed by atoms with van der Waals surface area (Å²) in [6.45, 7) is -0.152. The van der Waals surface area contributed by atoms with Crippen molar-refractivity contribution in [3.8, 4) is 11.5 Å². The number of methoxy groups -OCH3 is 3. The van der Waals surface area contributed by atoms with Crippen molar-refractivity contribution in [3.63, 3.8) is 0 Å². The molecule has 0 aliphatic heterocycles. The summed E-state index contributed by atoms with van der Waals surface area (Å²) in [6, 6.07) is 1.34. The topological polar surface area (TPSA) is 120 Å². The molecule has 0 heterocycles. The van der Waals surface area contributed by atoms with Crippen LogP contribution in [0.5, 0.6) is 11.5 Å². The summed E-state index contributed by atoms with van der Waals surface area (Å²) in [5.41, 5.74) is -0.322. The maximum atomic E-state index is 11.1. The van der Waals surface area contributed by atoms with Gasteiger partial charge in [0.05, 0.1) is 31.8 Å². The molecule has 9 nitrogen and oxygen atoms in total. The van der Waals surface area contributed by atoms with Crippen LogP contribution in [0.15, 0.2) is 12.1 Å². The highest BCUT2D eigenvalue weighted by molar-refractivity contribution is 5.80. The minimum Gasteiger partial charge on any atom is -0.493 e. The van der Waals surface area contributed by atoms with Gasteiger partial charge < -0.3 is 24.6 Å². The predicted octanol–water partition coefficient (Wildman–Crippen LogP) is 1.12. The van der Waals surface area contributed by atoms with Crippen LogP contribution in [0.25, 0.3) is 0 Å². The van der Waals surface area contributed by atoms with Crippen LogP contribution in [0.2, 0.25) is 0 Å². The van der Waals surface area contributed by atoms with E-state index in [9.17, 15) is 14.9 Å². The van der Waals surface area contributed by atoms with Gasteiger partial charge in [-0.3, -0.25) is 10.1 Å². The summed E-state index contributed by atoms with van der Waals surface area (Å²) in [5.74, 6) is -0.776. The fourth-order valence-corrected chi connectivity index (χ4v) is 1.66. The Kier molecular flexibility index (Phi) is 5.73. The van der Waals surface area contributed by atoms with E-state index in [4.69, 9.17) is 19.3 Å². The number of hydrogen-bond acceptors (Lipinski definition) is 7. The van der Waals surface area contributed by atoms with Crippen molar-refractivity contribution in [3.05, 3.63) is 22.2 Å². The monoisotopic (exact) mass is 300 g/mol. The van der Waals surface area contributed by atoms with E-state index in [-0.39, 0.29) is 29.5 Å². The number of nitro benzene ring substituents is 1. The molecule has 0 amide bonds. The first kappa shape index (κ1) is 16.5. The summed E-state index contributed by atoms with van der Waals surface area (Å²) >= 11 is 0. The van der Waals surface area contributed by atoms with Gasteiger partial charge in [0.25, 0.3) is 5.69 Å². The standard InChI is InChI=1S/C12H16N2O7/c1-19-6-8(12(15)16)13-7-4-10(20-2)11(21-3)5-9(7)14(17)18/h4-5,8,13H,6H2,1-3H3,(H,15,16). The van der Waals surface area contributed by atoms with Gasteiger partial charge in [0, 0.05) is 13.2 Å². The SMILES string of the molecule is COCC(Nc1cc(OC)c(OC)cc1[N+](=O)[O-])C(=O)O. The lowest BCUT2D eigenvalue weighted by Gasteiger charge is -2.16. The van der Waals surface area contributed by atoms with Crippen molar-refractivity contribution in [1.82, 2.24) is 0 Å². The van der Waals surface area contributed by atoms with Gasteiger partial charge in [-0.2, -0.15) is 0 Å². The molecule has 1 aromatic rings. The molecule has 1 rings (SSSR count). The highest BCUT2D eigenvalue weighted by Gasteiger charge is 2.24. The second-order valence-corrected chi connectivity index (χ2v) is 3.97. The Balaban J connectivity index is 3.25. The van der Waals surface area contributed by atoms with Gasteiger partial charge in [-0.05, 0) is 0 Å². The summed E-state index contributed by atoms with van der Waals surface area (Å²) < 4.78 is 14.8. The van der Waals surface area contributed by atoms with Crippen molar-refractivity contribution >= 4 is 17.3 Å². The zero-order valence-corrected chi connectivity index (χ0v) is 11.8. The zero-order chi connectivity index (χ0) is 16.0. The quantitative estimate of drug-likeness (QED) is 0.541. The molecule has 0 saturated carbocycles. The summed E-state index contributed by atoms with van der Waals surface area (Å²) in [6.07, 6.45) is 0. The second kappa shape index (κ2) is 7.29. The number of nitro groups is 1. The van der Waals surface area contributed by atoms with Crippen LogP contribution >= 0.6 is 0 Å². The third-order valence-electron chi connectivity index (χ3n) is 2.66. The summed E-state index contributed by atoms with van der Waals surface area (Å²) in [4.78, 5) is 21.5. The molecule has 0 bridgehead atoms. The molecule has 0 aromatic heterocycles. The first-order chi connectivity index (χ1) is 9.94. The maximum absolute atomic E-state index is 11.1. The fraction of sp³-hybridized carbons (Fsp3) is 0.417. The van der Waals surface area contributed by atoms with Gasteiger partial charge in [0.1, 0.15) is 11.7 Å². The van der Waals surface area contributed by atoms with E-state index in [1.54, 1.807) is 0 Å². The van der Waals surface area contributed by atoms with Gasteiger partial charge in [0.15, 0.2) is 11.5 Å². The van der Waals surface area contributed by atoms with Gasteiger partial charge in [-0.25, -0.2) is 4.79 Å². The van der Waals surface area contributed by atoms with Crippen LogP contribution in [-0.2, 0) is 9.53 Å². The van der Waals surface area contributed by atoms with E-state index in [1.165, 1.54) is 27.4 Å². The molecule has 0 saturated heterocycles. The highest BCUT2D eigenvalue weighted by Crippen LogP contribution is 2.37. The second-order valence-electron chi connectivity index (χ2n) is 3.97. The molecule has 0 aliphatic carbocycles. The lowest BCUT2D eigenvalue weighted by molar-refractivity contribution is -0.384. The average molecular weight is 300 g/mol. The van der Waals surface area contributed by atoms with Gasteiger partial charge >= 0.3 is 5.97 Å². The molecule has 116 valence electrons. The third kappa shape index (κ3) is 3.96. The minimum absolute atomic E-state index is 0.00194. The van der Waals surface area contributed by atoms with Crippen molar-refractivity contribution in [2.24, 2.45) is 0 Å². The van der Waals surface area contributed by atoms with Crippen LogP contribution in [0.1, 0.15) is 0 Å². The Hall–Kier alpha value is -2.55. The van der Waals surface area contributed by atoms with Crippen LogP contribution in [0, 0.1) is 10.1 Å². The van der Waals surface area contributed by atoms with Gasteiger partial charge in [0.2, 0.25) is 0 Å². The number of carbonyl (C=O) groups is 1. The molecule has 2 N–H and O–H groups in total. The number of aliphatic carboxylic acids is 1. The highest BCUT2D eigenvalue weighted by atomic mass is 16.6. The van der Waals surface area contributed by atoms with Crippen molar-refractivity contribution in [1.29, 1.82) is 0 Å². The fourth-order valence-electron chi connectivity index (χ4n) is 1.66. The van der Waals surface area contributed by atoms with E-state index in [2.05, 4.69) is 5.32 Å². The third-order valence-corrected chi connectivity index (χ3v) is 2.66. The van der Waals surface area contributed by atoms with Gasteiger partial charge in [-0.1, -0.05) is 0 Å².